The summed E-state index contributed by atoms with van der Waals surface area (Å²) in [5.41, 5.74) is 0.850. The van der Waals surface area contributed by atoms with Crippen molar-refractivity contribution in [3.63, 3.8) is 0 Å². The van der Waals surface area contributed by atoms with Gasteiger partial charge in [0.1, 0.15) is 24.8 Å². The van der Waals surface area contributed by atoms with Gasteiger partial charge in [-0.25, -0.2) is 19.9 Å². The monoisotopic (exact) mass is 266 g/mol. The number of hydrogen-bond acceptors (Lipinski definition) is 6. The van der Waals surface area contributed by atoms with Gasteiger partial charge in [0.2, 0.25) is 0 Å². The quantitative estimate of drug-likeness (QED) is 0.729. The fraction of sp³-hybridized carbons (Fsp3) is 0.538. The normalized spacial score (nSPS) is 7.05. The molecule has 0 aromatic carbocycles. The molecule has 0 aliphatic rings. The molecule has 0 atom stereocenters. The van der Waals surface area contributed by atoms with Crippen molar-refractivity contribution in [1.29, 1.82) is 0 Å². The zero-order valence-electron chi connectivity index (χ0n) is 12.0. The lowest BCUT2D eigenvalue weighted by Gasteiger charge is -1.80. The highest BCUT2D eigenvalue weighted by Gasteiger charge is 1.76. The van der Waals surface area contributed by atoms with E-state index in [0.717, 1.165) is 11.5 Å². The van der Waals surface area contributed by atoms with Crippen molar-refractivity contribution in [3.05, 3.63) is 36.7 Å². The van der Waals surface area contributed by atoms with Crippen LogP contribution in [-0.2, 0) is 0 Å². The molecule has 0 aliphatic carbocycles. The Hall–Kier alpha value is -1.98. The Morgan fingerprint density at radius 2 is 1.32 bits per heavy atom. The molecule has 2 aromatic heterocycles. The zero-order valence-corrected chi connectivity index (χ0v) is 12.0. The zero-order chi connectivity index (χ0) is 14.2. The third-order valence-corrected chi connectivity index (χ3v) is 1.22. The van der Waals surface area contributed by atoms with E-state index in [0.29, 0.717) is 0 Å². The lowest BCUT2D eigenvalue weighted by molar-refractivity contribution is 0.925. The Morgan fingerprint density at radius 1 is 0.789 bits per heavy atom. The van der Waals surface area contributed by atoms with Crippen molar-refractivity contribution in [1.82, 2.24) is 30.1 Å². The first kappa shape index (κ1) is 22.2. The van der Waals surface area contributed by atoms with E-state index >= 15 is 0 Å². The highest BCUT2D eigenvalue weighted by atomic mass is 15.1. The second-order valence-electron chi connectivity index (χ2n) is 2.44. The van der Waals surface area contributed by atoms with Crippen LogP contribution in [0.4, 0.5) is 0 Å². The molecule has 0 amide bonds. The Kier molecular flexibility index (Phi) is 21.5. The fourth-order valence-electron chi connectivity index (χ4n) is 0.611. The van der Waals surface area contributed by atoms with Gasteiger partial charge >= 0.3 is 0 Å². The minimum atomic E-state index is 0. The maximum atomic E-state index is 3.76. The van der Waals surface area contributed by atoms with Gasteiger partial charge in [0.25, 0.3) is 0 Å². The van der Waals surface area contributed by atoms with E-state index in [-0.39, 0.29) is 7.43 Å². The minimum Gasteiger partial charge on any atom is -0.241 e. The van der Waals surface area contributed by atoms with Gasteiger partial charge < -0.3 is 0 Å². The predicted molar refractivity (Wildman–Crippen MR) is 78.6 cm³/mol. The van der Waals surface area contributed by atoms with E-state index in [2.05, 4.69) is 30.1 Å². The number of hydrogen-bond donors (Lipinski definition) is 0. The summed E-state index contributed by atoms with van der Waals surface area (Å²) < 4.78 is 0. The molecule has 0 spiro atoms. The Bertz CT molecular complexity index is 315. The van der Waals surface area contributed by atoms with Crippen molar-refractivity contribution < 1.29 is 0 Å². The van der Waals surface area contributed by atoms with Crippen molar-refractivity contribution in [2.75, 3.05) is 0 Å². The molecule has 19 heavy (non-hydrogen) atoms. The molecule has 0 aliphatic heterocycles. The van der Waals surface area contributed by atoms with Crippen LogP contribution in [0.5, 0.6) is 0 Å². The van der Waals surface area contributed by atoms with Gasteiger partial charge in [0.05, 0.1) is 11.9 Å². The molecule has 0 bridgehead atoms. The first-order valence-electron chi connectivity index (χ1n) is 5.97. The predicted octanol–water partition coefficient (Wildman–Crippen LogP) is 3.05. The second-order valence-corrected chi connectivity index (χ2v) is 2.44. The van der Waals surface area contributed by atoms with Gasteiger partial charge in [-0.2, -0.15) is 5.10 Å². The van der Waals surface area contributed by atoms with Gasteiger partial charge in [-0.15, -0.1) is 5.10 Å². The van der Waals surface area contributed by atoms with Crippen molar-refractivity contribution in [2.45, 2.75) is 49.0 Å². The Morgan fingerprint density at radius 3 is 1.53 bits per heavy atom. The molecule has 0 unspecified atom stereocenters. The molecule has 0 saturated heterocycles. The molecule has 0 N–H and O–H groups in total. The van der Waals surface area contributed by atoms with E-state index in [1.807, 2.05) is 41.5 Å². The van der Waals surface area contributed by atoms with Crippen molar-refractivity contribution >= 4 is 0 Å². The van der Waals surface area contributed by atoms with Crippen LogP contribution in [0.15, 0.2) is 25.2 Å². The SMILES string of the molecule is C.CC.CC.Cc1cncnn1.Cc1ncncn1. The second kappa shape index (κ2) is 18.4. The summed E-state index contributed by atoms with van der Waals surface area (Å²) in [7, 11) is 0. The molecular formula is C13H26N6. The smallest absolute Gasteiger partial charge is 0.138 e. The molecular weight excluding hydrogens is 240 g/mol. The average molecular weight is 266 g/mol. The molecule has 2 rings (SSSR count). The maximum absolute atomic E-state index is 3.76. The van der Waals surface area contributed by atoms with Crippen molar-refractivity contribution in [3.8, 4) is 0 Å². The lowest BCUT2D eigenvalue weighted by atomic mass is 10.6. The first-order chi connectivity index (χ1) is 8.79. The van der Waals surface area contributed by atoms with Gasteiger partial charge in [-0.05, 0) is 13.8 Å². The highest BCUT2D eigenvalue weighted by molar-refractivity contribution is 4.83. The van der Waals surface area contributed by atoms with Crippen LogP contribution in [0.3, 0.4) is 0 Å². The summed E-state index contributed by atoms with van der Waals surface area (Å²) in [5, 5.41) is 7.19. The van der Waals surface area contributed by atoms with E-state index in [1.165, 1.54) is 19.0 Å². The molecule has 0 saturated carbocycles. The minimum absolute atomic E-state index is 0. The summed E-state index contributed by atoms with van der Waals surface area (Å²) in [6.45, 7) is 11.7. The fourth-order valence-corrected chi connectivity index (χ4v) is 0.611. The third kappa shape index (κ3) is 16.0. The lowest BCUT2D eigenvalue weighted by Crippen LogP contribution is -1.84. The largest absolute Gasteiger partial charge is 0.241 e. The molecule has 2 heterocycles. The van der Waals surface area contributed by atoms with Crippen LogP contribution in [0.25, 0.3) is 0 Å². The molecule has 0 radical (unpaired) electrons. The summed E-state index contributed by atoms with van der Waals surface area (Å²) in [6, 6.07) is 0. The van der Waals surface area contributed by atoms with E-state index in [1.54, 1.807) is 6.20 Å². The van der Waals surface area contributed by atoms with Crippen molar-refractivity contribution in [2.24, 2.45) is 0 Å². The average Bonchev–Trinajstić information content (AvgIpc) is 2.46. The number of aryl methyl sites for hydroxylation is 2. The van der Waals surface area contributed by atoms with E-state index in [4.69, 9.17) is 0 Å². The van der Waals surface area contributed by atoms with E-state index in [9.17, 15) is 0 Å². The molecule has 6 nitrogen and oxygen atoms in total. The molecule has 2 aromatic rings. The summed E-state index contributed by atoms with van der Waals surface area (Å²) in [5.74, 6) is 0.759. The summed E-state index contributed by atoms with van der Waals surface area (Å²) in [6.07, 6.45) is 6.02. The van der Waals surface area contributed by atoms with Gasteiger partial charge in [-0.1, -0.05) is 35.1 Å². The Labute approximate surface area is 116 Å². The van der Waals surface area contributed by atoms with E-state index < -0.39 is 0 Å². The van der Waals surface area contributed by atoms with Crippen LogP contribution in [0.1, 0.15) is 46.6 Å². The number of rotatable bonds is 0. The summed E-state index contributed by atoms with van der Waals surface area (Å²) in [4.78, 5) is 14.8. The topological polar surface area (TPSA) is 77.3 Å². The standard InChI is InChI=1S/2C4H5N3.2C2H6.CH4/c1-4-6-2-5-3-7-4;1-4-2-5-3-6-7-4;2*1-2;/h2*2-3H,1H3;2*1-2H3;1H4. The molecule has 108 valence electrons. The highest BCUT2D eigenvalue weighted by Crippen LogP contribution is 1.77. The maximum Gasteiger partial charge on any atom is 0.138 e. The number of nitrogens with zero attached hydrogens (tertiary/aromatic N) is 6. The molecule has 0 fully saturated rings. The van der Waals surface area contributed by atoms with Crippen LogP contribution in [0, 0.1) is 13.8 Å². The molecule has 6 heteroatoms. The number of aromatic nitrogens is 6. The van der Waals surface area contributed by atoms with Crippen LogP contribution < -0.4 is 0 Å². The third-order valence-electron chi connectivity index (χ3n) is 1.22. The van der Waals surface area contributed by atoms with Gasteiger partial charge in [0.15, 0.2) is 0 Å². The van der Waals surface area contributed by atoms with Crippen LogP contribution in [0.2, 0.25) is 0 Å². The Balaban J connectivity index is -0.000000205. The van der Waals surface area contributed by atoms with Gasteiger partial charge in [0, 0.05) is 0 Å². The summed E-state index contributed by atoms with van der Waals surface area (Å²) >= 11 is 0. The van der Waals surface area contributed by atoms with Crippen LogP contribution in [-0.4, -0.2) is 30.1 Å². The first-order valence-corrected chi connectivity index (χ1v) is 5.97. The van der Waals surface area contributed by atoms with Crippen LogP contribution >= 0.6 is 0 Å². The van der Waals surface area contributed by atoms with Gasteiger partial charge in [-0.3, -0.25) is 0 Å².